The van der Waals surface area contributed by atoms with E-state index in [1.807, 2.05) is 24.3 Å². The molecule has 0 spiro atoms. The Labute approximate surface area is 187 Å². The molecular weight excluding hydrogens is 400 g/mol. The molecular formula is C26H26N4O2. The normalized spacial score (nSPS) is 20.6. The van der Waals surface area contributed by atoms with E-state index in [0.717, 1.165) is 66.2 Å². The number of aromatic hydroxyl groups is 1. The van der Waals surface area contributed by atoms with Gasteiger partial charge in [-0.15, -0.1) is 0 Å². The lowest BCUT2D eigenvalue weighted by Crippen LogP contribution is -2.33. The predicted molar refractivity (Wildman–Crippen MR) is 124 cm³/mol. The number of hydrogen-bond acceptors (Lipinski definition) is 6. The molecule has 162 valence electrons. The van der Waals surface area contributed by atoms with E-state index in [0.29, 0.717) is 5.56 Å². The van der Waals surface area contributed by atoms with Crippen molar-refractivity contribution in [3.8, 4) is 22.9 Å². The van der Waals surface area contributed by atoms with Gasteiger partial charge >= 0.3 is 0 Å². The molecule has 6 nitrogen and oxygen atoms in total. The van der Waals surface area contributed by atoms with E-state index in [1.165, 1.54) is 6.07 Å². The third-order valence-corrected chi connectivity index (χ3v) is 6.65. The van der Waals surface area contributed by atoms with Crippen LogP contribution in [0.2, 0.25) is 0 Å². The van der Waals surface area contributed by atoms with Gasteiger partial charge in [0.05, 0.1) is 22.3 Å². The number of fused-ring (bicyclic) bond motifs is 1. The third-order valence-electron chi connectivity index (χ3n) is 6.65. The summed E-state index contributed by atoms with van der Waals surface area (Å²) in [6.45, 7) is 0. The molecule has 0 atom stereocenters. The Hall–Kier alpha value is -3.43. The fourth-order valence-corrected chi connectivity index (χ4v) is 4.55. The summed E-state index contributed by atoms with van der Waals surface area (Å²) in [6, 6.07) is 13.5. The van der Waals surface area contributed by atoms with Crippen LogP contribution in [0.4, 0.5) is 5.69 Å². The Bertz CT molecular complexity index is 1230. The first-order valence-corrected chi connectivity index (χ1v) is 11.3. The van der Waals surface area contributed by atoms with Crippen LogP contribution in [0, 0.1) is 17.2 Å². The number of nitrogens with zero attached hydrogens (tertiary/aromatic N) is 2. The molecule has 1 heterocycles. The zero-order valence-electron chi connectivity index (χ0n) is 17.8. The summed E-state index contributed by atoms with van der Waals surface area (Å²) in [4.78, 5) is 17.7. The predicted octanol–water partition coefficient (Wildman–Crippen LogP) is 4.75. The molecule has 3 aromatic rings. The topological polar surface area (TPSA) is 112 Å². The highest BCUT2D eigenvalue weighted by Gasteiger charge is 2.33. The highest BCUT2D eigenvalue weighted by Crippen LogP contribution is 2.38. The van der Waals surface area contributed by atoms with Gasteiger partial charge in [-0.2, -0.15) is 5.26 Å². The van der Waals surface area contributed by atoms with Crippen LogP contribution < -0.4 is 11.1 Å². The van der Waals surface area contributed by atoms with E-state index in [4.69, 9.17) is 5.73 Å². The van der Waals surface area contributed by atoms with Gasteiger partial charge in [0.25, 0.3) is 0 Å². The molecule has 0 bridgehead atoms. The van der Waals surface area contributed by atoms with E-state index < -0.39 is 0 Å². The molecule has 1 aromatic heterocycles. The number of aromatic nitrogens is 1. The van der Waals surface area contributed by atoms with Crippen molar-refractivity contribution in [2.45, 2.75) is 50.6 Å². The van der Waals surface area contributed by atoms with Gasteiger partial charge in [-0.3, -0.25) is 9.78 Å². The number of rotatable bonds is 5. The van der Waals surface area contributed by atoms with Crippen LogP contribution in [-0.4, -0.2) is 28.0 Å². The number of Topliss-reactive ketones (excluding diaryl/α,β-unsaturated/α-hetero) is 1. The van der Waals surface area contributed by atoms with Gasteiger partial charge in [0, 0.05) is 29.6 Å². The fourth-order valence-electron chi connectivity index (χ4n) is 4.55. The smallest absolute Gasteiger partial charge is 0.169 e. The lowest BCUT2D eigenvalue weighted by Gasteiger charge is -2.29. The first kappa shape index (κ1) is 20.5. The number of hydrogen-bond donors (Lipinski definition) is 3. The summed E-state index contributed by atoms with van der Waals surface area (Å²) >= 11 is 0. The molecule has 6 heteroatoms. The summed E-state index contributed by atoms with van der Waals surface area (Å²) in [5.41, 5.74) is 10.4. The maximum absolute atomic E-state index is 13.1. The minimum absolute atomic E-state index is 0.0334. The highest BCUT2D eigenvalue weighted by atomic mass is 16.3. The van der Waals surface area contributed by atoms with Crippen LogP contribution in [0.3, 0.4) is 0 Å². The minimum Gasteiger partial charge on any atom is -0.507 e. The Kier molecular flexibility index (Phi) is 5.28. The average Bonchev–Trinajstić information content (AvgIpc) is 3.66. The monoisotopic (exact) mass is 426 g/mol. The zero-order valence-corrected chi connectivity index (χ0v) is 17.8. The van der Waals surface area contributed by atoms with Crippen molar-refractivity contribution < 1.29 is 9.90 Å². The van der Waals surface area contributed by atoms with Gasteiger partial charge in [-0.05, 0) is 73.9 Å². The van der Waals surface area contributed by atoms with E-state index in [2.05, 4.69) is 10.3 Å². The molecule has 2 saturated carbocycles. The van der Waals surface area contributed by atoms with Crippen LogP contribution in [0.25, 0.3) is 22.0 Å². The lowest BCUT2D eigenvalue weighted by molar-refractivity contribution is 0.0968. The molecule has 0 radical (unpaired) electrons. The summed E-state index contributed by atoms with van der Waals surface area (Å²) < 4.78 is 0. The third kappa shape index (κ3) is 3.92. The van der Waals surface area contributed by atoms with Gasteiger partial charge in [0.2, 0.25) is 0 Å². The quantitative estimate of drug-likeness (QED) is 0.508. The lowest BCUT2D eigenvalue weighted by atomic mass is 9.91. The Balaban J connectivity index is 1.61. The van der Waals surface area contributed by atoms with Crippen LogP contribution >= 0.6 is 0 Å². The molecule has 0 aliphatic heterocycles. The molecule has 0 unspecified atom stereocenters. The van der Waals surface area contributed by atoms with E-state index in [1.54, 1.807) is 18.3 Å². The second-order valence-electron chi connectivity index (χ2n) is 9.02. The molecule has 2 fully saturated rings. The second kappa shape index (κ2) is 8.25. The van der Waals surface area contributed by atoms with E-state index in [-0.39, 0.29) is 35.1 Å². The second-order valence-corrected chi connectivity index (χ2v) is 9.02. The largest absolute Gasteiger partial charge is 0.507 e. The Morgan fingerprint density at radius 1 is 1.06 bits per heavy atom. The van der Waals surface area contributed by atoms with Crippen LogP contribution in [-0.2, 0) is 0 Å². The first-order valence-electron chi connectivity index (χ1n) is 11.3. The number of nitriles is 1. The SMILES string of the molecule is N#Cc1cc(-c2ccc3ncc(C(=O)C4CC4)c(N[C@H]4CC[C@H](N)CC4)c3c2)ccc1O. The first-order chi connectivity index (χ1) is 15.5. The summed E-state index contributed by atoms with van der Waals surface area (Å²) in [6.07, 6.45) is 7.51. The van der Waals surface area contributed by atoms with E-state index >= 15 is 0 Å². The number of benzene rings is 2. The molecule has 32 heavy (non-hydrogen) atoms. The van der Waals surface area contributed by atoms with Gasteiger partial charge in [-0.1, -0.05) is 12.1 Å². The number of phenolic OH excluding ortho intramolecular Hbond substituents is 1. The average molecular weight is 427 g/mol. The van der Waals surface area contributed by atoms with Crippen molar-refractivity contribution >= 4 is 22.4 Å². The number of nitrogens with two attached hydrogens (primary N) is 1. The fraction of sp³-hybridized carbons (Fsp3) is 0.346. The van der Waals surface area contributed by atoms with Gasteiger partial charge in [0.1, 0.15) is 11.8 Å². The number of ketones is 1. The van der Waals surface area contributed by atoms with Crippen LogP contribution in [0.1, 0.15) is 54.4 Å². The summed E-state index contributed by atoms with van der Waals surface area (Å²) in [7, 11) is 0. The Morgan fingerprint density at radius 3 is 2.50 bits per heavy atom. The summed E-state index contributed by atoms with van der Waals surface area (Å²) in [5.74, 6) is 0.234. The molecule has 2 aromatic carbocycles. The maximum Gasteiger partial charge on any atom is 0.169 e. The zero-order chi connectivity index (χ0) is 22.2. The van der Waals surface area contributed by atoms with Crippen molar-refractivity contribution in [3.05, 3.63) is 53.7 Å². The minimum atomic E-state index is -0.0334. The molecule has 2 aliphatic rings. The van der Waals surface area contributed by atoms with Crippen LogP contribution in [0.5, 0.6) is 5.75 Å². The molecule has 0 amide bonds. The van der Waals surface area contributed by atoms with E-state index in [9.17, 15) is 15.2 Å². The van der Waals surface area contributed by atoms with Crippen LogP contribution in [0.15, 0.2) is 42.6 Å². The van der Waals surface area contributed by atoms with Crippen molar-refractivity contribution in [2.75, 3.05) is 5.32 Å². The number of pyridine rings is 1. The van der Waals surface area contributed by atoms with Gasteiger partial charge in [0.15, 0.2) is 5.78 Å². The number of carbonyl (C=O) groups is 1. The van der Waals surface area contributed by atoms with Gasteiger partial charge < -0.3 is 16.2 Å². The molecule has 5 rings (SSSR count). The summed E-state index contributed by atoms with van der Waals surface area (Å²) in [5, 5.41) is 23.7. The Morgan fingerprint density at radius 2 is 1.78 bits per heavy atom. The number of phenols is 1. The van der Waals surface area contributed by atoms with Crippen molar-refractivity contribution in [1.29, 1.82) is 5.26 Å². The number of anilines is 1. The highest BCUT2D eigenvalue weighted by molar-refractivity contribution is 6.10. The molecule has 0 saturated heterocycles. The van der Waals surface area contributed by atoms with Crippen molar-refractivity contribution in [1.82, 2.24) is 4.98 Å². The molecule has 4 N–H and O–H groups in total. The molecule has 2 aliphatic carbocycles. The van der Waals surface area contributed by atoms with Crippen molar-refractivity contribution in [2.24, 2.45) is 11.7 Å². The number of carbonyl (C=O) groups excluding carboxylic acids is 1. The van der Waals surface area contributed by atoms with Crippen molar-refractivity contribution in [3.63, 3.8) is 0 Å². The maximum atomic E-state index is 13.1. The standard InChI is InChI=1S/C26H26N4O2/c27-13-18-11-16(4-10-24(18)31)17-3-9-23-21(12-17)25(30-20-7-5-19(28)6-8-20)22(14-29-23)26(32)15-1-2-15/h3-4,9-12,14-15,19-20,31H,1-2,5-8,28H2,(H,29,30)/t19-,20-. The number of nitrogens with one attached hydrogen (secondary N) is 1. The van der Waals surface area contributed by atoms with Gasteiger partial charge in [-0.25, -0.2) is 0 Å².